The first-order chi connectivity index (χ1) is 4.33. The number of nitrogens with zero attached hydrogens (tertiary/aromatic N) is 2. The van der Waals surface area contributed by atoms with E-state index >= 15 is 0 Å². The van der Waals surface area contributed by atoms with Crippen LogP contribution in [0.3, 0.4) is 0 Å². The fourth-order valence-electron chi connectivity index (χ4n) is 0.501. The van der Waals surface area contributed by atoms with Crippen molar-refractivity contribution in [2.75, 3.05) is 0 Å². The first-order valence-corrected chi connectivity index (χ1v) is 3.34. The van der Waals surface area contributed by atoms with E-state index in [2.05, 4.69) is 22.6 Å². The Morgan fingerprint density at radius 2 is 2.00 bits per heavy atom. The normalized spacial score (nSPS) is 9.56. The lowest BCUT2D eigenvalue weighted by atomic mass is 10.4. The molecular formula is C6H8N2S. The summed E-state index contributed by atoms with van der Waals surface area (Å²) in [4.78, 5) is 7.98. The zero-order valence-electron chi connectivity index (χ0n) is 5.20. The van der Waals surface area contributed by atoms with Crippen LogP contribution in [-0.2, 0) is 5.75 Å². The van der Waals surface area contributed by atoms with Crippen LogP contribution in [-0.4, -0.2) is 9.97 Å². The molecule has 0 fully saturated rings. The van der Waals surface area contributed by atoms with E-state index in [0.29, 0.717) is 5.75 Å². The molecule has 0 aliphatic carbocycles. The quantitative estimate of drug-likeness (QED) is 0.593. The summed E-state index contributed by atoms with van der Waals surface area (Å²) in [7, 11) is 0. The van der Waals surface area contributed by atoms with Crippen molar-refractivity contribution in [3.63, 3.8) is 0 Å². The Morgan fingerprint density at radius 1 is 1.44 bits per heavy atom. The van der Waals surface area contributed by atoms with Gasteiger partial charge in [0.1, 0.15) is 5.82 Å². The highest BCUT2D eigenvalue weighted by Gasteiger charge is 1.87. The van der Waals surface area contributed by atoms with Crippen LogP contribution in [0.1, 0.15) is 11.4 Å². The minimum absolute atomic E-state index is 0.709. The Morgan fingerprint density at radius 3 is 2.44 bits per heavy atom. The van der Waals surface area contributed by atoms with Gasteiger partial charge in [-0.05, 0) is 12.5 Å². The molecule has 2 nitrogen and oxygen atoms in total. The number of thiol groups is 1. The molecule has 1 rings (SSSR count). The van der Waals surface area contributed by atoms with Crippen LogP contribution >= 0.6 is 12.6 Å². The van der Waals surface area contributed by atoms with Crippen LogP contribution in [0.25, 0.3) is 0 Å². The van der Waals surface area contributed by atoms with Gasteiger partial charge in [-0.15, -0.1) is 0 Å². The second-order valence-electron chi connectivity index (χ2n) is 1.80. The van der Waals surface area contributed by atoms with E-state index in [-0.39, 0.29) is 0 Å². The van der Waals surface area contributed by atoms with Crippen LogP contribution < -0.4 is 0 Å². The van der Waals surface area contributed by atoms with Gasteiger partial charge in [-0.3, -0.25) is 0 Å². The molecule has 0 saturated heterocycles. The zero-order chi connectivity index (χ0) is 6.69. The predicted molar refractivity (Wildman–Crippen MR) is 39.5 cm³/mol. The van der Waals surface area contributed by atoms with Crippen molar-refractivity contribution in [3.05, 3.63) is 23.8 Å². The summed E-state index contributed by atoms with van der Waals surface area (Å²) in [6.45, 7) is 1.86. The molecule has 9 heavy (non-hydrogen) atoms. The van der Waals surface area contributed by atoms with Gasteiger partial charge < -0.3 is 0 Å². The summed E-state index contributed by atoms with van der Waals surface area (Å²) < 4.78 is 0. The SMILES string of the molecule is Cc1ncc(CS)cn1. The van der Waals surface area contributed by atoms with E-state index in [0.717, 1.165) is 11.4 Å². The zero-order valence-corrected chi connectivity index (χ0v) is 6.10. The lowest BCUT2D eigenvalue weighted by Crippen LogP contribution is -1.87. The highest BCUT2D eigenvalue weighted by atomic mass is 32.1. The Bertz CT molecular complexity index is 183. The van der Waals surface area contributed by atoms with Crippen molar-refractivity contribution in [1.82, 2.24) is 9.97 Å². The van der Waals surface area contributed by atoms with E-state index in [1.807, 2.05) is 6.92 Å². The average Bonchev–Trinajstić information content (AvgIpc) is 1.90. The molecule has 0 aliphatic rings. The third-order valence-corrected chi connectivity index (χ3v) is 1.38. The predicted octanol–water partition coefficient (Wildman–Crippen LogP) is 1.21. The number of rotatable bonds is 1. The van der Waals surface area contributed by atoms with Gasteiger partial charge in [0, 0.05) is 18.1 Å². The fraction of sp³-hybridized carbons (Fsp3) is 0.333. The Balaban J connectivity index is 2.88. The van der Waals surface area contributed by atoms with Gasteiger partial charge >= 0.3 is 0 Å². The molecule has 0 bridgehead atoms. The lowest BCUT2D eigenvalue weighted by Gasteiger charge is -1.92. The van der Waals surface area contributed by atoms with Gasteiger partial charge in [-0.1, -0.05) is 0 Å². The maximum absolute atomic E-state index is 4.06. The highest BCUT2D eigenvalue weighted by Crippen LogP contribution is 1.97. The van der Waals surface area contributed by atoms with Gasteiger partial charge in [0.05, 0.1) is 0 Å². The average molecular weight is 140 g/mol. The lowest BCUT2D eigenvalue weighted by molar-refractivity contribution is 1.03. The molecule has 0 atom stereocenters. The van der Waals surface area contributed by atoms with Gasteiger partial charge in [0.15, 0.2) is 0 Å². The van der Waals surface area contributed by atoms with Crippen LogP contribution in [0.5, 0.6) is 0 Å². The first kappa shape index (κ1) is 6.55. The maximum atomic E-state index is 4.06. The topological polar surface area (TPSA) is 25.8 Å². The van der Waals surface area contributed by atoms with Crippen LogP contribution in [0, 0.1) is 6.92 Å². The molecule has 1 aromatic heterocycles. The third kappa shape index (κ3) is 1.68. The summed E-state index contributed by atoms with van der Waals surface area (Å²) in [6.07, 6.45) is 3.57. The summed E-state index contributed by atoms with van der Waals surface area (Å²) in [6, 6.07) is 0. The number of aryl methyl sites for hydroxylation is 1. The van der Waals surface area contributed by atoms with E-state index in [1.165, 1.54) is 0 Å². The molecule has 3 heteroatoms. The minimum Gasteiger partial charge on any atom is -0.241 e. The highest BCUT2D eigenvalue weighted by molar-refractivity contribution is 7.79. The summed E-state index contributed by atoms with van der Waals surface area (Å²) in [5, 5.41) is 0. The second kappa shape index (κ2) is 2.82. The molecule has 1 heterocycles. The maximum Gasteiger partial charge on any atom is 0.125 e. The molecule has 0 amide bonds. The molecule has 0 saturated carbocycles. The van der Waals surface area contributed by atoms with Crippen molar-refractivity contribution < 1.29 is 0 Å². The molecule has 0 spiro atoms. The first-order valence-electron chi connectivity index (χ1n) is 2.71. The van der Waals surface area contributed by atoms with E-state index in [4.69, 9.17) is 0 Å². The molecular weight excluding hydrogens is 132 g/mol. The number of hydrogen-bond donors (Lipinski definition) is 1. The summed E-state index contributed by atoms with van der Waals surface area (Å²) >= 11 is 4.06. The molecule has 0 aliphatic heterocycles. The van der Waals surface area contributed by atoms with Gasteiger partial charge in [-0.25, -0.2) is 9.97 Å². The monoisotopic (exact) mass is 140 g/mol. The van der Waals surface area contributed by atoms with Crippen molar-refractivity contribution in [2.24, 2.45) is 0 Å². The van der Waals surface area contributed by atoms with E-state index in [1.54, 1.807) is 12.4 Å². The standard InChI is InChI=1S/C6H8N2S/c1-5-7-2-6(4-9)3-8-5/h2-3,9H,4H2,1H3. The summed E-state index contributed by atoms with van der Waals surface area (Å²) in [5.41, 5.74) is 1.06. The fourth-order valence-corrected chi connectivity index (χ4v) is 0.664. The van der Waals surface area contributed by atoms with Crippen molar-refractivity contribution in [1.29, 1.82) is 0 Å². The summed E-state index contributed by atoms with van der Waals surface area (Å²) in [5.74, 6) is 1.51. The Hall–Kier alpha value is -0.570. The molecule has 0 aromatic carbocycles. The second-order valence-corrected chi connectivity index (χ2v) is 2.11. The number of hydrogen-bond acceptors (Lipinski definition) is 3. The Kier molecular flexibility index (Phi) is 2.05. The van der Waals surface area contributed by atoms with E-state index < -0.39 is 0 Å². The van der Waals surface area contributed by atoms with Crippen LogP contribution in [0.4, 0.5) is 0 Å². The van der Waals surface area contributed by atoms with Crippen LogP contribution in [0.2, 0.25) is 0 Å². The third-order valence-electron chi connectivity index (χ3n) is 1.02. The smallest absolute Gasteiger partial charge is 0.125 e. The van der Waals surface area contributed by atoms with Gasteiger partial charge in [-0.2, -0.15) is 12.6 Å². The van der Waals surface area contributed by atoms with Crippen LogP contribution in [0.15, 0.2) is 12.4 Å². The molecule has 1 aromatic rings. The molecule has 0 N–H and O–H groups in total. The van der Waals surface area contributed by atoms with Crippen molar-refractivity contribution in [3.8, 4) is 0 Å². The van der Waals surface area contributed by atoms with E-state index in [9.17, 15) is 0 Å². The minimum atomic E-state index is 0.709. The molecule has 0 unspecified atom stereocenters. The Labute approximate surface area is 59.8 Å². The van der Waals surface area contributed by atoms with Gasteiger partial charge in [0.2, 0.25) is 0 Å². The molecule has 0 radical (unpaired) electrons. The van der Waals surface area contributed by atoms with Gasteiger partial charge in [0.25, 0.3) is 0 Å². The number of aromatic nitrogens is 2. The van der Waals surface area contributed by atoms with Crippen molar-refractivity contribution >= 4 is 12.6 Å². The van der Waals surface area contributed by atoms with Crippen molar-refractivity contribution in [2.45, 2.75) is 12.7 Å². The molecule has 48 valence electrons. The largest absolute Gasteiger partial charge is 0.241 e.